The Hall–Kier alpha value is -1.41. The monoisotopic (exact) mass is 298 g/mol. The van der Waals surface area contributed by atoms with Crippen molar-refractivity contribution >= 4 is 15.9 Å². The largest absolute Gasteiger partial charge is 0.353 e. The van der Waals surface area contributed by atoms with Gasteiger partial charge in [0.1, 0.15) is 0 Å². The molecule has 7 nitrogen and oxygen atoms in total. The Morgan fingerprint density at radius 3 is 2.55 bits per heavy atom. The number of sulfonamides is 1. The van der Waals surface area contributed by atoms with Gasteiger partial charge in [-0.1, -0.05) is 0 Å². The second kappa shape index (κ2) is 5.17. The van der Waals surface area contributed by atoms with Crippen molar-refractivity contribution in [2.24, 2.45) is 5.92 Å². The summed E-state index contributed by atoms with van der Waals surface area (Å²) in [6, 6.07) is 0.0938. The predicted octanol–water partition coefficient (Wildman–Crippen LogP) is 0.0890. The van der Waals surface area contributed by atoms with Crippen LogP contribution in [0, 0.1) is 5.92 Å². The van der Waals surface area contributed by atoms with E-state index < -0.39 is 10.0 Å². The zero-order valence-electron chi connectivity index (χ0n) is 11.1. The van der Waals surface area contributed by atoms with Gasteiger partial charge in [-0.15, -0.1) is 0 Å². The van der Waals surface area contributed by atoms with E-state index in [4.69, 9.17) is 0 Å². The van der Waals surface area contributed by atoms with Crippen molar-refractivity contribution in [1.29, 1.82) is 0 Å². The van der Waals surface area contributed by atoms with Crippen molar-refractivity contribution < 1.29 is 13.2 Å². The van der Waals surface area contributed by atoms with E-state index in [0.29, 0.717) is 25.9 Å². The molecule has 8 heteroatoms. The lowest BCUT2D eigenvalue weighted by atomic mass is 10.1. The summed E-state index contributed by atoms with van der Waals surface area (Å²) in [5.74, 6) is 0.321. The molecule has 0 bridgehead atoms. The maximum Gasteiger partial charge on any atom is 0.260 e. The van der Waals surface area contributed by atoms with Gasteiger partial charge in [0.15, 0.2) is 5.03 Å². The summed E-state index contributed by atoms with van der Waals surface area (Å²) in [7, 11) is -3.47. The Bertz CT molecular complexity index is 572. The van der Waals surface area contributed by atoms with Crippen LogP contribution in [0.25, 0.3) is 0 Å². The third kappa shape index (κ3) is 2.71. The highest BCUT2D eigenvalue weighted by molar-refractivity contribution is 7.89. The Morgan fingerprint density at radius 1 is 1.30 bits per heavy atom. The maximum atomic E-state index is 12.3. The fourth-order valence-corrected chi connectivity index (χ4v) is 3.79. The summed E-state index contributed by atoms with van der Waals surface area (Å²) in [6.45, 7) is 0.855. The molecule has 0 atom stereocenters. The fraction of sp³-hybridized carbons (Fsp3) is 0.667. The minimum absolute atomic E-state index is 0.0938. The number of amides is 1. The molecule has 1 aliphatic heterocycles. The summed E-state index contributed by atoms with van der Waals surface area (Å²) in [5.41, 5.74) is 0. The first kappa shape index (κ1) is 13.6. The van der Waals surface area contributed by atoms with E-state index in [2.05, 4.69) is 15.3 Å². The van der Waals surface area contributed by atoms with Crippen LogP contribution in [0.2, 0.25) is 0 Å². The van der Waals surface area contributed by atoms with E-state index >= 15 is 0 Å². The van der Waals surface area contributed by atoms with Crippen LogP contribution < -0.4 is 5.32 Å². The van der Waals surface area contributed by atoms with E-state index in [-0.39, 0.29) is 22.9 Å². The highest BCUT2D eigenvalue weighted by Crippen LogP contribution is 2.29. The van der Waals surface area contributed by atoms with Gasteiger partial charge in [0.05, 0.1) is 12.5 Å². The molecule has 0 spiro atoms. The van der Waals surface area contributed by atoms with Crippen LogP contribution >= 0.6 is 0 Å². The van der Waals surface area contributed by atoms with Gasteiger partial charge in [-0.3, -0.25) is 4.79 Å². The highest BCUT2D eigenvalue weighted by Gasteiger charge is 2.34. The molecule has 1 saturated heterocycles. The lowest BCUT2D eigenvalue weighted by Crippen LogP contribution is -2.46. The average molecular weight is 298 g/mol. The third-order valence-electron chi connectivity index (χ3n) is 3.84. The zero-order valence-corrected chi connectivity index (χ0v) is 11.9. The molecule has 2 heterocycles. The average Bonchev–Trinajstić information content (AvgIpc) is 3.14. The number of aromatic nitrogens is 2. The van der Waals surface area contributed by atoms with Crippen molar-refractivity contribution in [2.45, 2.75) is 36.8 Å². The molecule has 2 fully saturated rings. The third-order valence-corrected chi connectivity index (χ3v) is 5.66. The van der Waals surface area contributed by atoms with Crippen molar-refractivity contribution in [3.63, 3.8) is 0 Å². The van der Waals surface area contributed by atoms with Gasteiger partial charge in [0.25, 0.3) is 10.0 Å². The molecule has 2 aliphatic rings. The molecule has 0 unspecified atom stereocenters. The van der Waals surface area contributed by atoms with Crippen LogP contribution in [0.15, 0.2) is 17.6 Å². The number of nitrogens with zero attached hydrogens (tertiary/aromatic N) is 2. The van der Waals surface area contributed by atoms with Gasteiger partial charge in [0, 0.05) is 25.0 Å². The van der Waals surface area contributed by atoms with Gasteiger partial charge >= 0.3 is 0 Å². The van der Waals surface area contributed by atoms with Gasteiger partial charge in [-0.25, -0.2) is 13.4 Å². The fourth-order valence-electron chi connectivity index (χ4n) is 2.43. The van der Waals surface area contributed by atoms with Crippen LogP contribution in [0.5, 0.6) is 0 Å². The minimum Gasteiger partial charge on any atom is -0.353 e. The zero-order chi connectivity index (χ0) is 14.2. The molecule has 1 aromatic heterocycles. The summed E-state index contributed by atoms with van der Waals surface area (Å²) in [6.07, 6.45) is 5.96. The van der Waals surface area contributed by atoms with Gasteiger partial charge < -0.3 is 10.3 Å². The molecule has 1 amide bonds. The second-order valence-corrected chi connectivity index (χ2v) is 7.28. The Labute approximate surface area is 117 Å². The smallest absolute Gasteiger partial charge is 0.260 e. The van der Waals surface area contributed by atoms with E-state index in [1.807, 2.05) is 0 Å². The summed E-state index contributed by atoms with van der Waals surface area (Å²) >= 11 is 0. The van der Waals surface area contributed by atoms with Crippen molar-refractivity contribution in [2.75, 3.05) is 13.1 Å². The van der Waals surface area contributed by atoms with E-state index in [1.165, 1.54) is 16.8 Å². The topological polar surface area (TPSA) is 95.2 Å². The molecule has 1 aromatic rings. The summed E-state index contributed by atoms with van der Waals surface area (Å²) < 4.78 is 26.0. The Kier molecular flexibility index (Phi) is 3.51. The number of carbonyl (C=O) groups excluding carboxylic acids is 1. The first-order valence-corrected chi connectivity index (χ1v) is 8.30. The molecule has 3 rings (SSSR count). The molecule has 0 aromatic carbocycles. The minimum atomic E-state index is -3.47. The number of piperidine rings is 1. The number of nitrogens with one attached hydrogen (secondary N) is 2. The second-order valence-electron chi connectivity index (χ2n) is 5.38. The van der Waals surface area contributed by atoms with Crippen molar-refractivity contribution in [3.05, 3.63) is 12.5 Å². The lowest BCUT2D eigenvalue weighted by Gasteiger charge is -2.31. The number of aromatic amines is 1. The highest BCUT2D eigenvalue weighted by atomic mass is 32.2. The standard InChI is InChI=1S/C12H18N4O3S/c17-12(9-1-2-9)15-10-3-5-16(6-4-10)20(18,19)11-7-13-8-14-11/h7-10H,1-6H2,(H,13,14)(H,15,17). The summed E-state index contributed by atoms with van der Waals surface area (Å²) in [5, 5.41) is 3.13. The van der Waals surface area contributed by atoms with E-state index in [1.54, 1.807) is 0 Å². The first-order valence-electron chi connectivity index (χ1n) is 6.86. The van der Waals surface area contributed by atoms with E-state index in [0.717, 1.165) is 12.8 Å². The molecule has 110 valence electrons. The molecule has 2 N–H and O–H groups in total. The van der Waals surface area contributed by atoms with Gasteiger partial charge in [-0.2, -0.15) is 4.31 Å². The number of imidazole rings is 1. The molecule has 20 heavy (non-hydrogen) atoms. The molecule has 1 aliphatic carbocycles. The number of H-pyrrole nitrogens is 1. The van der Waals surface area contributed by atoms with Gasteiger partial charge in [-0.05, 0) is 25.7 Å². The number of hydrogen-bond acceptors (Lipinski definition) is 4. The first-order chi connectivity index (χ1) is 9.57. The number of carbonyl (C=O) groups is 1. The molecule has 0 radical (unpaired) electrons. The van der Waals surface area contributed by atoms with Crippen LogP contribution in [-0.2, 0) is 14.8 Å². The predicted molar refractivity (Wildman–Crippen MR) is 71.2 cm³/mol. The van der Waals surface area contributed by atoms with Crippen molar-refractivity contribution in [3.8, 4) is 0 Å². The molecular formula is C12H18N4O3S. The van der Waals surface area contributed by atoms with Crippen LogP contribution in [-0.4, -0.2) is 47.7 Å². The number of hydrogen-bond donors (Lipinski definition) is 2. The quantitative estimate of drug-likeness (QED) is 0.823. The van der Waals surface area contributed by atoms with Crippen molar-refractivity contribution in [1.82, 2.24) is 19.6 Å². The normalized spacial score (nSPS) is 21.8. The maximum absolute atomic E-state index is 12.3. The van der Waals surface area contributed by atoms with Crippen LogP contribution in [0.3, 0.4) is 0 Å². The number of rotatable bonds is 4. The van der Waals surface area contributed by atoms with Crippen LogP contribution in [0.1, 0.15) is 25.7 Å². The van der Waals surface area contributed by atoms with E-state index in [9.17, 15) is 13.2 Å². The summed E-state index contributed by atoms with van der Waals surface area (Å²) in [4.78, 5) is 18.1. The Balaban J connectivity index is 1.57. The van der Waals surface area contributed by atoms with Gasteiger partial charge in [0.2, 0.25) is 5.91 Å². The Morgan fingerprint density at radius 2 is 2.00 bits per heavy atom. The molecule has 1 saturated carbocycles. The SMILES string of the molecule is O=C(NC1CCN(S(=O)(=O)c2cnc[nH]2)CC1)C1CC1. The lowest BCUT2D eigenvalue weighted by molar-refractivity contribution is -0.123. The molecular weight excluding hydrogens is 280 g/mol. The van der Waals surface area contributed by atoms with Crippen LogP contribution in [0.4, 0.5) is 0 Å².